The summed E-state index contributed by atoms with van der Waals surface area (Å²) in [5.74, 6) is 4.27. The highest BCUT2D eigenvalue weighted by molar-refractivity contribution is 6.42. The molecule has 1 amide bonds. The number of carbonyl (C=O) groups excluding carboxylic acids is 2. The predicted octanol–water partition coefficient (Wildman–Crippen LogP) is 1.29. The van der Waals surface area contributed by atoms with Gasteiger partial charge in [-0.25, -0.2) is 5.84 Å². The van der Waals surface area contributed by atoms with E-state index >= 15 is 0 Å². The molecule has 1 aromatic rings. The molecule has 0 saturated carbocycles. The lowest BCUT2D eigenvalue weighted by Crippen LogP contribution is -2.46. The van der Waals surface area contributed by atoms with E-state index in [4.69, 9.17) is 5.84 Å². The van der Waals surface area contributed by atoms with Gasteiger partial charge in [-0.15, -0.1) is 0 Å². The standard InChI is InChI=1S/C12H16N2O2/c1-8(2)14(13)12(16)11(15)10-7-5-4-6-9(10)3/h4-8H,13H2,1-3H3. The van der Waals surface area contributed by atoms with Crippen LogP contribution in [0.3, 0.4) is 0 Å². The number of Topliss-reactive ketones (excluding diaryl/α,β-unsaturated/α-hetero) is 1. The average Bonchev–Trinajstić information content (AvgIpc) is 2.26. The van der Waals surface area contributed by atoms with Crippen molar-refractivity contribution in [3.63, 3.8) is 0 Å². The maximum absolute atomic E-state index is 11.8. The maximum Gasteiger partial charge on any atom is 0.309 e. The number of rotatable bonds is 3. The molecule has 4 heteroatoms. The molecule has 1 rings (SSSR count). The Bertz CT molecular complexity index is 413. The summed E-state index contributed by atoms with van der Waals surface area (Å²) in [5.41, 5.74) is 1.18. The van der Waals surface area contributed by atoms with Crippen molar-refractivity contribution in [1.82, 2.24) is 5.01 Å². The first-order valence-electron chi connectivity index (χ1n) is 5.13. The normalized spacial score (nSPS) is 10.3. The Hall–Kier alpha value is -1.68. The van der Waals surface area contributed by atoms with E-state index in [1.54, 1.807) is 39.0 Å². The third-order valence-corrected chi connectivity index (χ3v) is 2.37. The largest absolute Gasteiger partial charge is 0.309 e. The Morgan fingerprint density at radius 3 is 2.31 bits per heavy atom. The molecule has 0 aliphatic rings. The number of ketones is 1. The van der Waals surface area contributed by atoms with Crippen LogP contribution in [0.5, 0.6) is 0 Å². The molecule has 0 radical (unpaired) electrons. The Morgan fingerprint density at radius 2 is 1.81 bits per heavy atom. The van der Waals surface area contributed by atoms with Crippen LogP contribution in [0, 0.1) is 6.92 Å². The van der Waals surface area contributed by atoms with E-state index in [2.05, 4.69) is 0 Å². The molecule has 0 aliphatic carbocycles. The third-order valence-electron chi connectivity index (χ3n) is 2.37. The Kier molecular flexibility index (Phi) is 3.79. The number of hydrazine groups is 1. The summed E-state index contributed by atoms with van der Waals surface area (Å²) in [6, 6.07) is 6.77. The second kappa shape index (κ2) is 4.90. The second-order valence-corrected chi connectivity index (χ2v) is 3.95. The van der Waals surface area contributed by atoms with E-state index in [0.29, 0.717) is 5.56 Å². The van der Waals surface area contributed by atoms with Gasteiger partial charge in [0.2, 0.25) is 0 Å². The summed E-state index contributed by atoms with van der Waals surface area (Å²) in [4.78, 5) is 23.5. The number of benzene rings is 1. The van der Waals surface area contributed by atoms with Gasteiger partial charge in [-0.3, -0.25) is 14.6 Å². The van der Waals surface area contributed by atoms with Crippen LogP contribution in [-0.4, -0.2) is 22.7 Å². The lowest BCUT2D eigenvalue weighted by atomic mass is 10.0. The number of carbonyl (C=O) groups is 2. The lowest BCUT2D eigenvalue weighted by Gasteiger charge is -2.19. The Morgan fingerprint density at radius 1 is 1.25 bits per heavy atom. The van der Waals surface area contributed by atoms with Crippen LogP contribution >= 0.6 is 0 Å². The van der Waals surface area contributed by atoms with Crippen molar-refractivity contribution < 1.29 is 9.59 Å². The molecule has 0 saturated heterocycles. The van der Waals surface area contributed by atoms with Gasteiger partial charge in [0.05, 0.1) is 0 Å². The summed E-state index contributed by atoms with van der Waals surface area (Å²) in [7, 11) is 0. The van der Waals surface area contributed by atoms with Gasteiger partial charge >= 0.3 is 5.91 Å². The molecule has 0 aliphatic heterocycles. The Balaban J connectivity index is 2.96. The molecule has 0 heterocycles. The van der Waals surface area contributed by atoms with Gasteiger partial charge in [0.15, 0.2) is 0 Å². The quantitative estimate of drug-likeness (QED) is 0.274. The summed E-state index contributed by atoms with van der Waals surface area (Å²) < 4.78 is 0. The molecule has 0 fully saturated rings. The molecule has 0 unspecified atom stereocenters. The van der Waals surface area contributed by atoms with Crippen molar-refractivity contribution in [3.05, 3.63) is 35.4 Å². The molecule has 1 aromatic carbocycles. The van der Waals surface area contributed by atoms with E-state index in [0.717, 1.165) is 10.6 Å². The van der Waals surface area contributed by atoms with Gasteiger partial charge in [-0.2, -0.15) is 0 Å². The topological polar surface area (TPSA) is 63.4 Å². The molecule has 4 nitrogen and oxygen atoms in total. The first kappa shape index (κ1) is 12.4. The molecular formula is C12H16N2O2. The van der Waals surface area contributed by atoms with Crippen molar-refractivity contribution in [2.45, 2.75) is 26.8 Å². The molecular weight excluding hydrogens is 204 g/mol. The molecule has 0 spiro atoms. The van der Waals surface area contributed by atoms with Crippen molar-refractivity contribution >= 4 is 11.7 Å². The van der Waals surface area contributed by atoms with Gasteiger partial charge in [-0.1, -0.05) is 24.3 Å². The predicted molar refractivity (Wildman–Crippen MR) is 61.7 cm³/mol. The molecule has 0 bridgehead atoms. The third kappa shape index (κ3) is 2.46. The van der Waals surface area contributed by atoms with Crippen LogP contribution in [0.2, 0.25) is 0 Å². The number of aryl methyl sites for hydroxylation is 1. The SMILES string of the molecule is Cc1ccccc1C(=O)C(=O)N(N)C(C)C. The van der Waals surface area contributed by atoms with E-state index in [1.165, 1.54) is 0 Å². The van der Waals surface area contributed by atoms with Crippen molar-refractivity contribution in [2.75, 3.05) is 0 Å². The van der Waals surface area contributed by atoms with Crippen molar-refractivity contribution in [1.29, 1.82) is 0 Å². The van der Waals surface area contributed by atoms with Crippen LogP contribution < -0.4 is 5.84 Å². The molecule has 86 valence electrons. The molecule has 0 atom stereocenters. The smallest absolute Gasteiger partial charge is 0.283 e. The van der Waals surface area contributed by atoms with Crippen LogP contribution in [0.25, 0.3) is 0 Å². The average molecular weight is 220 g/mol. The zero-order valence-corrected chi connectivity index (χ0v) is 9.73. The first-order chi connectivity index (χ1) is 7.45. The minimum atomic E-state index is -0.677. The number of nitrogens with two attached hydrogens (primary N) is 1. The molecule has 16 heavy (non-hydrogen) atoms. The highest BCUT2D eigenvalue weighted by Crippen LogP contribution is 2.09. The zero-order valence-electron chi connectivity index (χ0n) is 9.73. The van der Waals surface area contributed by atoms with E-state index in [-0.39, 0.29) is 6.04 Å². The fourth-order valence-corrected chi connectivity index (χ4v) is 1.29. The van der Waals surface area contributed by atoms with Crippen molar-refractivity contribution in [2.24, 2.45) is 5.84 Å². The highest BCUT2D eigenvalue weighted by Gasteiger charge is 2.23. The molecule has 0 aromatic heterocycles. The number of nitrogens with zero attached hydrogens (tertiary/aromatic N) is 1. The minimum absolute atomic E-state index is 0.194. The Labute approximate surface area is 95.0 Å². The van der Waals surface area contributed by atoms with Gasteiger partial charge < -0.3 is 0 Å². The summed E-state index contributed by atoms with van der Waals surface area (Å²) >= 11 is 0. The van der Waals surface area contributed by atoms with Gasteiger partial charge in [0.25, 0.3) is 5.78 Å². The van der Waals surface area contributed by atoms with Crippen LogP contribution in [0.4, 0.5) is 0 Å². The zero-order chi connectivity index (χ0) is 12.3. The van der Waals surface area contributed by atoms with Crippen LogP contribution in [0.1, 0.15) is 29.8 Å². The number of hydrogen-bond acceptors (Lipinski definition) is 3. The van der Waals surface area contributed by atoms with Gasteiger partial charge in [0, 0.05) is 11.6 Å². The number of amides is 1. The van der Waals surface area contributed by atoms with E-state index in [1.807, 2.05) is 6.07 Å². The second-order valence-electron chi connectivity index (χ2n) is 3.95. The summed E-state index contributed by atoms with van der Waals surface area (Å²) in [5, 5.41) is 0.953. The van der Waals surface area contributed by atoms with Gasteiger partial charge in [-0.05, 0) is 26.3 Å². The lowest BCUT2D eigenvalue weighted by molar-refractivity contribution is -0.128. The van der Waals surface area contributed by atoms with E-state index in [9.17, 15) is 9.59 Å². The molecule has 2 N–H and O–H groups in total. The van der Waals surface area contributed by atoms with Crippen LogP contribution in [-0.2, 0) is 4.79 Å². The van der Waals surface area contributed by atoms with Gasteiger partial charge in [0.1, 0.15) is 0 Å². The maximum atomic E-state index is 11.8. The van der Waals surface area contributed by atoms with Crippen molar-refractivity contribution in [3.8, 4) is 0 Å². The van der Waals surface area contributed by atoms with E-state index < -0.39 is 11.7 Å². The monoisotopic (exact) mass is 220 g/mol. The fraction of sp³-hybridized carbons (Fsp3) is 0.333. The highest BCUT2D eigenvalue weighted by atomic mass is 16.2. The summed E-state index contributed by atoms with van der Waals surface area (Å²) in [6.45, 7) is 5.29. The first-order valence-corrected chi connectivity index (χ1v) is 5.13. The summed E-state index contributed by atoms with van der Waals surface area (Å²) in [6.07, 6.45) is 0. The fourth-order valence-electron chi connectivity index (χ4n) is 1.29. The van der Waals surface area contributed by atoms with Crippen LogP contribution in [0.15, 0.2) is 24.3 Å². The number of hydrogen-bond donors (Lipinski definition) is 1. The minimum Gasteiger partial charge on any atom is -0.283 e.